The molecule has 2 aromatic heterocycles. The third kappa shape index (κ3) is 2.65. The van der Waals surface area contributed by atoms with Crippen LogP contribution in [0.25, 0.3) is 5.65 Å². The first kappa shape index (κ1) is 14.4. The van der Waals surface area contributed by atoms with Crippen molar-refractivity contribution >= 4 is 23.2 Å². The van der Waals surface area contributed by atoms with Gasteiger partial charge in [0.1, 0.15) is 11.6 Å². The summed E-state index contributed by atoms with van der Waals surface area (Å²) in [6.45, 7) is 2.02. The second-order valence-electron chi connectivity index (χ2n) is 5.47. The van der Waals surface area contributed by atoms with Crippen LogP contribution in [0, 0.1) is 5.82 Å². The number of aryl methyl sites for hydroxylation is 1. The molecule has 3 heterocycles. The zero-order valence-corrected chi connectivity index (χ0v) is 13.5. The summed E-state index contributed by atoms with van der Waals surface area (Å²) in [6, 6.07) is 8.84. The van der Waals surface area contributed by atoms with Crippen molar-refractivity contribution in [1.29, 1.82) is 0 Å². The molecule has 1 atom stereocenters. The molecule has 4 rings (SSSR count). The first-order valence-corrected chi connectivity index (χ1v) is 8.63. The Hall–Kier alpha value is -2.15. The van der Waals surface area contributed by atoms with Crippen LogP contribution < -0.4 is 5.32 Å². The van der Waals surface area contributed by atoms with Gasteiger partial charge in [-0.3, -0.25) is 0 Å². The highest BCUT2D eigenvalue weighted by atomic mass is 32.2. The van der Waals surface area contributed by atoms with E-state index in [-0.39, 0.29) is 11.9 Å². The van der Waals surface area contributed by atoms with Gasteiger partial charge in [-0.1, -0.05) is 6.92 Å². The lowest BCUT2D eigenvalue weighted by atomic mass is 10.0. The Morgan fingerprint density at radius 3 is 3.09 bits per heavy atom. The van der Waals surface area contributed by atoms with E-state index in [1.807, 2.05) is 25.1 Å². The predicted molar refractivity (Wildman–Crippen MR) is 88.3 cm³/mol. The van der Waals surface area contributed by atoms with Gasteiger partial charge in [-0.05, 0) is 42.3 Å². The standard InChI is InChI=1S/C16H16FN5S/c1-2-15-19-20-16-6-5-14(21-22(15)16)18-12-7-8-23-13-4-3-10(17)9-11(12)13/h3-6,9,12H,2,7-8H2,1H3,(H,18,21). The number of nitrogens with one attached hydrogen (secondary N) is 1. The quantitative estimate of drug-likeness (QED) is 0.797. The zero-order valence-electron chi connectivity index (χ0n) is 12.7. The minimum Gasteiger partial charge on any atom is -0.362 e. The van der Waals surface area contributed by atoms with E-state index in [0.29, 0.717) is 0 Å². The summed E-state index contributed by atoms with van der Waals surface area (Å²) in [4.78, 5) is 1.13. The lowest BCUT2D eigenvalue weighted by Crippen LogP contribution is -2.17. The van der Waals surface area contributed by atoms with Crippen LogP contribution in [0.2, 0.25) is 0 Å². The van der Waals surface area contributed by atoms with Crippen molar-refractivity contribution in [3.8, 4) is 0 Å². The molecule has 23 heavy (non-hydrogen) atoms. The van der Waals surface area contributed by atoms with Gasteiger partial charge in [0, 0.05) is 17.1 Å². The molecular formula is C16H16FN5S. The van der Waals surface area contributed by atoms with Gasteiger partial charge in [0.2, 0.25) is 0 Å². The Labute approximate surface area is 137 Å². The summed E-state index contributed by atoms with van der Waals surface area (Å²) in [7, 11) is 0. The Bertz CT molecular complexity index is 863. The lowest BCUT2D eigenvalue weighted by molar-refractivity contribution is 0.615. The Balaban J connectivity index is 1.67. The second kappa shape index (κ2) is 5.81. The molecule has 0 aliphatic carbocycles. The van der Waals surface area contributed by atoms with Gasteiger partial charge in [0.15, 0.2) is 11.5 Å². The van der Waals surface area contributed by atoms with Crippen LogP contribution in [0.15, 0.2) is 35.2 Å². The number of hydrogen-bond acceptors (Lipinski definition) is 5. The summed E-state index contributed by atoms with van der Waals surface area (Å²) < 4.78 is 15.4. The van der Waals surface area contributed by atoms with Gasteiger partial charge in [0.05, 0.1) is 6.04 Å². The SMILES string of the molecule is CCc1nnc2ccc(NC3CCSc4ccc(F)cc43)nn12. The summed E-state index contributed by atoms with van der Waals surface area (Å²) in [5, 5.41) is 16.2. The Kier molecular flexibility index (Phi) is 3.65. The summed E-state index contributed by atoms with van der Waals surface area (Å²) in [5.41, 5.74) is 1.74. The third-order valence-corrected chi connectivity index (χ3v) is 5.10. The van der Waals surface area contributed by atoms with E-state index in [4.69, 9.17) is 0 Å². The third-order valence-electron chi connectivity index (χ3n) is 3.98. The molecule has 0 bridgehead atoms. The van der Waals surface area contributed by atoms with Gasteiger partial charge in [0.25, 0.3) is 0 Å². The van der Waals surface area contributed by atoms with Crippen molar-refractivity contribution in [1.82, 2.24) is 19.8 Å². The van der Waals surface area contributed by atoms with Crippen LogP contribution >= 0.6 is 11.8 Å². The fourth-order valence-electron chi connectivity index (χ4n) is 2.82. The first-order valence-electron chi connectivity index (χ1n) is 7.64. The maximum absolute atomic E-state index is 13.6. The number of nitrogens with zero attached hydrogens (tertiary/aromatic N) is 4. The number of fused-ring (bicyclic) bond motifs is 2. The number of hydrogen-bond donors (Lipinski definition) is 1. The molecule has 3 aromatic rings. The molecule has 118 valence electrons. The van der Waals surface area contributed by atoms with Gasteiger partial charge >= 0.3 is 0 Å². The summed E-state index contributed by atoms with van der Waals surface area (Å²) in [6.07, 6.45) is 1.70. The molecule has 0 spiro atoms. The number of thioether (sulfide) groups is 1. The monoisotopic (exact) mass is 329 g/mol. The molecule has 0 saturated heterocycles. The van der Waals surface area contributed by atoms with Crippen molar-refractivity contribution < 1.29 is 4.39 Å². The number of halogens is 1. The molecule has 7 heteroatoms. The molecule has 1 aliphatic rings. The number of rotatable bonds is 3. The Morgan fingerprint density at radius 1 is 1.30 bits per heavy atom. The van der Waals surface area contributed by atoms with E-state index in [0.717, 1.165) is 46.3 Å². The number of aromatic nitrogens is 4. The fourth-order valence-corrected chi connectivity index (χ4v) is 3.93. The molecule has 0 amide bonds. The largest absolute Gasteiger partial charge is 0.362 e. The molecule has 1 unspecified atom stereocenters. The first-order chi connectivity index (χ1) is 11.2. The zero-order chi connectivity index (χ0) is 15.8. The lowest BCUT2D eigenvalue weighted by Gasteiger charge is -2.26. The van der Waals surface area contributed by atoms with Crippen LogP contribution in [0.4, 0.5) is 10.2 Å². The highest BCUT2D eigenvalue weighted by Gasteiger charge is 2.22. The van der Waals surface area contributed by atoms with E-state index >= 15 is 0 Å². The predicted octanol–water partition coefficient (Wildman–Crippen LogP) is 3.47. The highest BCUT2D eigenvalue weighted by molar-refractivity contribution is 7.99. The van der Waals surface area contributed by atoms with Crippen molar-refractivity contribution in [2.45, 2.75) is 30.7 Å². The smallest absolute Gasteiger partial charge is 0.178 e. The Morgan fingerprint density at radius 2 is 2.22 bits per heavy atom. The normalized spacial score (nSPS) is 17.2. The number of anilines is 1. The van der Waals surface area contributed by atoms with E-state index in [9.17, 15) is 4.39 Å². The van der Waals surface area contributed by atoms with Gasteiger partial charge < -0.3 is 5.32 Å². The van der Waals surface area contributed by atoms with Crippen LogP contribution in [-0.2, 0) is 6.42 Å². The van der Waals surface area contributed by atoms with Crippen molar-refractivity contribution in [3.05, 3.63) is 47.5 Å². The molecule has 5 nitrogen and oxygen atoms in total. The van der Waals surface area contributed by atoms with Gasteiger partial charge in [-0.25, -0.2) is 4.39 Å². The van der Waals surface area contributed by atoms with Crippen molar-refractivity contribution in [2.75, 3.05) is 11.1 Å². The highest BCUT2D eigenvalue weighted by Crippen LogP contribution is 2.37. The molecule has 1 N–H and O–H groups in total. The summed E-state index contributed by atoms with van der Waals surface area (Å²) in [5.74, 6) is 2.38. The van der Waals surface area contributed by atoms with E-state index < -0.39 is 0 Å². The summed E-state index contributed by atoms with van der Waals surface area (Å²) >= 11 is 1.77. The molecule has 0 saturated carbocycles. The van der Waals surface area contributed by atoms with Crippen LogP contribution in [-0.4, -0.2) is 25.6 Å². The molecular weight excluding hydrogens is 313 g/mol. The van der Waals surface area contributed by atoms with Crippen LogP contribution in [0.3, 0.4) is 0 Å². The molecule has 0 radical (unpaired) electrons. The molecule has 1 aliphatic heterocycles. The van der Waals surface area contributed by atoms with Crippen LogP contribution in [0.5, 0.6) is 0 Å². The van der Waals surface area contributed by atoms with Crippen molar-refractivity contribution in [3.63, 3.8) is 0 Å². The average Bonchev–Trinajstić information content (AvgIpc) is 2.98. The van der Waals surface area contributed by atoms with E-state index in [1.165, 1.54) is 6.07 Å². The maximum Gasteiger partial charge on any atom is 0.178 e. The number of benzene rings is 1. The van der Waals surface area contributed by atoms with Gasteiger partial charge in [-0.15, -0.1) is 27.1 Å². The average molecular weight is 329 g/mol. The minimum atomic E-state index is -0.200. The molecule has 1 aromatic carbocycles. The van der Waals surface area contributed by atoms with Crippen molar-refractivity contribution in [2.24, 2.45) is 0 Å². The maximum atomic E-state index is 13.6. The fraction of sp³-hybridized carbons (Fsp3) is 0.312. The minimum absolute atomic E-state index is 0.0634. The van der Waals surface area contributed by atoms with Gasteiger partial charge in [-0.2, -0.15) is 4.52 Å². The van der Waals surface area contributed by atoms with Crippen LogP contribution in [0.1, 0.15) is 30.8 Å². The topological polar surface area (TPSA) is 55.1 Å². The second-order valence-corrected chi connectivity index (χ2v) is 6.61. The molecule has 0 fully saturated rings. The van der Waals surface area contributed by atoms with E-state index in [1.54, 1.807) is 22.3 Å². The van der Waals surface area contributed by atoms with E-state index in [2.05, 4.69) is 20.6 Å².